The molecule has 0 atom stereocenters. The van der Waals surface area contributed by atoms with Crippen molar-refractivity contribution in [2.45, 2.75) is 44.6 Å². The molecule has 0 radical (unpaired) electrons. The molecule has 1 aliphatic heterocycles. The Hall–Kier alpha value is -4.35. The summed E-state index contributed by atoms with van der Waals surface area (Å²) in [5.74, 6) is -4.35. The largest absolute Gasteiger partial charge is 0.494 e. The lowest BCUT2D eigenvalue weighted by molar-refractivity contribution is -0.140. The van der Waals surface area contributed by atoms with Gasteiger partial charge in [0.05, 0.1) is 37.4 Å². The predicted molar refractivity (Wildman–Crippen MR) is 143 cm³/mol. The van der Waals surface area contributed by atoms with E-state index in [1.54, 1.807) is 48.5 Å². The number of alkyl halides is 2. The zero-order valence-electron chi connectivity index (χ0n) is 21.9. The van der Waals surface area contributed by atoms with Gasteiger partial charge in [-0.3, -0.25) is 14.6 Å². The standard InChI is InChI=1S/C27H29F2N7O3/c1-16-19(24(37)32-17-7-6-12-30-13-17)10-11-20(22(16)39-3)33-26-31-14-21-23(34-26)36(18-8-4-5-9-18)15-27(28,29)25(38)35(21)2/h6-7,10-14,18H,4-5,8-9,15H2,1-3H3,(H,32,37)(H,31,33,34). The third-order valence-corrected chi connectivity index (χ3v) is 7.16. The molecule has 39 heavy (non-hydrogen) atoms. The number of ether oxygens (including phenoxy) is 1. The number of hydrogen-bond donors (Lipinski definition) is 2. The number of nitrogens with zero attached hydrogens (tertiary/aromatic N) is 5. The molecule has 2 amide bonds. The average molecular weight is 538 g/mol. The predicted octanol–water partition coefficient (Wildman–Crippen LogP) is 4.55. The van der Waals surface area contributed by atoms with Crippen molar-refractivity contribution < 1.29 is 23.1 Å². The number of anilines is 5. The number of carbonyl (C=O) groups excluding carboxylic acids is 2. The molecule has 0 saturated heterocycles. The van der Waals surface area contributed by atoms with Gasteiger partial charge in [0.25, 0.3) is 11.8 Å². The molecule has 1 aromatic carbocycles. The highest BCUT2D eigenvalue weighted by atomic mass is 19.3. The van der Waals surface area contributed by atoms with Gasteiger partial charge in [0.1, 0.15) is 11.4 Å². The lowest BCUT2D eigenvalue weighted by Crippen LogP contribution is -2.48. The average Bonchev–Trinajstić information content (AvgIpc) is 3.44. The van der Waals surface area contributed by atoms with Gasteiger partial charge in [-0.15, -0.1) is 0 Å². The Labute approximate surface area is 224 Å². The Kier molecular flexibility index (Phi) is 7.02. The monoisotopic (exact) mass is 537 g/mol. The van der Waals surface area contributed by atoms with E-state index >= 15 is 0 Å². The van der Waals surface area contributed by atoms with Gasteiger partial charge < -0.3 is 25.2 Å². The van der Waals surface area contributed by atoms with Crippen LogP contribution in [0.25, 0.3) is 0 Å². The van der Waals surface area contributed by atoms with Gasteiger partial charge in [-0.25, -0.2) is 4.98 Å². The van der Waals surface area contributed by atoms with Gasteiger partial charge >= 0.3 is 5.92 Å². The molecule has 5 rings (SSSR count). The van der Waals surface area contributed by atoms with Crippen molar-refractivity contribution in [3.8, 4) is 5.75 Å². The van der Waals surface area contributed by atoms with Gasteiger partial charge in [0.15, 0.2) is 5.82 Å². The number of aromatic nitrogens is 3. The molecule has 2 aliphatic rings. The number of methoxy groups -OCH3 is 1. The van der Waals surface area contributed by atoms with E-state index in [9.17, 15) is 18.4 Å². The number of pyridine rings is 1. The maximum atomic E-state index is 14.9. The van der Waals surface area contributed by atoms with Crippen molar-refractivity contribution in [3.63, 3.8) is 0 Å². The number of carbonyl (C=O) groups is 2. The maximum absolute atomic E-state index is 14.9. The lowest BCUT2D eigenvalue weighted by atomic mass is 10.1. The molecule has 1 aliphatic carbocycles. The summed E-state index contributed by atoms with van der Waals surface area (Å²) in [7, 11) is 2.80. The van der Waals surface area contributed by atoms with Crippen molar-refractivity contribution in [3.05, 3.63) is 54.0 Å². The third kappa shape index (κ3) is 5.06. The molecule has 2 aromatic heterocycles. The minimum atomic E-state index is -3.56. The van der Waals surface area contributed by atoms with Crippen molar-refractivity contribution in [1.29, 1.82) is 0 Å². The number of fused-ring (bicyclic) bond motifs is 1. The normalized spacial score (nSPS) is 17.0. The summed E-state index contributed by atoms with van der Waals surface area (Å²) in [5.41, 5.74) is 2.25. The topological polar surface area (TPSA) is 113 Å². The molecule has 3 heterocycles. The van der Waals surface area contributed by atoms with E-state index in [1.807, 2.05) is 0 Å². The van der Waals surface area contributed by atoms with Crippen molar-refractivity contribution in [2.75, 3.05) is 41.1 Å². The van der Waals surface area contributed by atoms with E-state index in [2.05, 4.69) is 25.6 Å². The van der Waals surface area contributed by atoms with E-state index in [4.69, 9.17) is 4.74 Å². The summed E-state index contributed by atoms with van der Waals surface area (Å²) in [6, 6.07) is 6.62. The van der Waals surface area contributed by atoms with Crippen LogP contribution in [0.2, 0.25) is 0 Å². The van der Waals surface area contributed by atoms with E-state index in [1.165, 1.54) is 20.4 Å². The first-order valence-electron chi connectivity index (χ1n) is 12.6. The van der Waals surface area contributed by atoms with E-state index < -0.39 is 18.4 Å². The first-order valence-corrected chi connectivity index (χ1v) is 12.6. The highest BCUT2D eigenvalue weighted by Crippen LogP contribution is 2.40. The second kappa shape index (κ2) is 10.4. The van der Waals surface area contributed by atoms with E-state index in [0.717, 1.165) is 30.6 Å². The first kappa shape index (κ1) is 26.3. The molecule has 204 valence electrons. The molecule has 1 fully saturated rings. The Morgan fingerprint density at radius 2 is 1.95 bits per heavy atom. The first-order chi connectivity index (χ1) is 18.7. The molecule has 3 aromatic rings. The minimum absolute atomic E-state index is 0.146. The van der Waals surface area contributed by atoms with Gasteiger partial charge in [0, 0.05) is 30.4 Å². The molecule has 0 unspecified atom stereocenters. The number of amides is 2. The van der Waals surface area contributed by atoms with E-state index in [-0.39, 0.29) is 29.4 Å². The van der Waals surface area contributed by atoms with Crippen LogP contribution in [-0.2, 0) is 4.79 Å². The van der Waals surface area contributed by atoms with Crippen LogP contribution in [-0.4, -0.2) is 59.4 Å². The Bertz CT molecular complexity index is 1400. The summed E-state index contributed by atoms with van der Waals surface area (Å²) < 4.78 is 35.3. The second-order valence-electron chi connectivity index (χ2n) is 9.68. The van der Waals surface area contributed by atoms with Crippen molar-refractivity contribution in [2.24, 2.45) is 0 Å². The fraction of sp³-hybridized carbons (Fsp3) is 0.370. The van der Waals surface area contributed by atoms with Crippen LogP contribution in [0, 0.1) is 6.92 Å². The highest BCUT2D eigenvalue weighted by Gasteiger charge is 2.48. The van der Waals surface area contributed by atoms with Gasteiger partial charge in [0.2, 0.25) is 5.95 Å². The molecular formula is C27H29F2N7O3. The SMILES string of the molecule is COc1c(Nc2ncc3c(n2)N(C2CCCC2)CC(F)(F)C(=O)N3C)ccc(C(=O)Nc2cccnc2)c1C. The molecule has 10 nitrogen and oxygen atoms in total. The van der Waals surface area contributed by atoms with Gasteiger partial charge in [-0.05, 0) is 44.0 Å². The van der Waals surface area contributed by atoms with Crippen LogP contribution in [0.1, 0.15) is 41.6 Å². The van der Waals surface area contributed by atoms with Crippen LogP contribution >= 0.6 is 0 Å². The maximum Gasteiger partial charge on any atom is 0.342 e. The summed E-state index contributed by atoms with van der Waals surface area (Å²) >= 11 is 0. The molecule has 0 bridgehead atoms. The number of halogens is 2. The molecule has 1 saturated carbocycles. The molecule has 2 N–H and O–H groups in total. The van der Waals surface area contributed by atoms with Crippen molar-refractivity contribution in [1.82, 2.24) is 15.0 Å². The van der Waals surface area contributed by atoms with Crippen LogP contribution in [0.3, 0.4) is 0 Å². The van der Waals surface area contributed by atoms with E-state index in [0.29, 0.717) is 28.3 Å². The van der Waals surface area contributed by atoms with Crippen molar-refractivity contribution >= 4 is 40.6 Å². The smallest absolute Gasteiger partial charge is 0.342 e. The lowest BCUT2D eigenvalue weighted by Gasteiger charge is -2.31. The third-order valence-electron chi connectivity index (χ3n) is 7.16. The Morgan fingerprint density at radius 1 is 1.18 bits per heavy atom. The van der Waals surface area contributed by atoms with Crippen LogP contribution in [0.15, 0.2) is 42.9 Å². The minimum Gasteiger partial charge on any atom is -0.494 e. The molecular weight excluding hydrogens is 508 g/mol. The Morgan fingerprint density at radius 3 is 2.64 bits per heavy atom. The summed E-state index contributed by atoms with van der Waals surface area (Å²) in [4.78, 5) is 40.8. The molecule has 12 heteroatoms. The number of nitrogens with one attached hydrogen (secondary N) is 2. The van der Waals surface area contributed by atoms with Gasteiger partial charge in [-0.1, -0.05) is 12.8 Å². The van der Waals surface area contributed by atoms with Gasteiger partial charge in [-0.2, -0.15) is 13.8 Å². The fourth-order valence-electron chi connectivity index (χ4n) is 5.16. The summed E-state index contributed by atoms with van der Waals surface area (Å²) in [5, 5.41) is 5.91. The Balaban J connectivity index is 1.47. The number of hydrogen-bond acceptors (Lipinski definition) is 8. The fourth-order valence-corrected chi connectivity index (χ4v) is 5.16. The number of rotatable bonds is 6. The molecule has 0 spiro atoms. The summed E-state index contributed by atoms with van der Waals surface area (Å²) in [6.07, 6.45) is 7.89. The zero-order valence-corrected chi connectivity index (χ0v) is 21.9. The second-order valence-corrected chi connectivity index (χ2v) is 9.68. The highest BCUT2D eigenvalue weighted by molar-refractivity contribution is 6.06. The van der Waals surface area contributed by atoms with Crippen LogP contribution in [0.5, 0.6) is 5.75 Å². The zero-order chi connectivity index (χ0) is 27.7. The van der Waals surface area contributed by atoms with Crippen LogP contribution < -0.4 is 25.2 Å². The number of benzene rings is 1. The quantitative estimate of drug-likeness (QED) is 0.471. The summed E-state index contributed by atoms with van der Waals surface area (Å²) in [6.45, 7) is 1.01. The van der Waals surface area contributed by atoms with Crippen LogP contribution in [0.4, 0.5) is 37.6 Å².